The number of ether oxygens (including phenoxy) is 1. The molecule has 0 bridgehead atoms. The quantitative estimate of drug-likeness (QED) is 0.690. The van der Waals surface area contributed by atoms with E-state index in [-0.39, 0.29) is 5.91 Å². The normalized spacial score (nSPS) is 14.1. The summed E-state index contributed by atoms with van der Waals surface area (Å²) in [4.78, 5) is 26.0. The summed E-state index contributed by atoms with van der Waals surface area (Å²) in [5.41, 5.74) is 2.56. The number of benzene rings is 1. The number of aromatic nitrogens is 3. The van der Waals surface area contributed by atoms with Crippen molar-refractivity contribution in [3.8, 4) is 11.4 Å². The van der Waals surface area contributed by atoms with Crippen molar-refractivity contribution in [1.82, 2.24) is 19.9 Å². The van der Waals surface area contributed by atoms with Crippen LogP contribution in [0.15, 0.2) is 48.9 Å². The number of H-pyrrole nitrogens is 1. The SMILES string of the molecule is O=C(c1cnc(NCc2cccc(-c3ncc[nH]3)c2)c(Cl)c1)N1CCOCC1. The molecule has 0 saturated carbocycles. The van der Waals surface area contributed by atoms with Crippen LogP contribution in [0.2, 0.25) is 5.02 Å². The predicted molar refractivity (Wildman–Crippen MR) is 107 cm³/mol. The molecule has 3 heterocycles. The Balaban J connectivity index is 1.43. The summed E-state index contributed by atoms with van der Waals surface area (Å²) in [6.07, 6.45) is 5.08. The third kappa shape index (κ3) is 4.16. The van der Waals surface area contributed by atoms with Crippen LogP contribution in [0.3, 0.4) is 0 Å². The molecule has 28 heavy (non-hydrogen) atoms. The van der Waals surface area contributed by atoms with E-state index in [1.54, 1.807) is 29.6 Å². The topological polar surface area (TPSA) is 83.1 Å². The molecule has 0 unspecified atom stereocenters. The summed E-state index contributed by atoms with van der Waals surface area (Å²) >= 11 is 6.36. The number of imidazole rings is 1. The number of hydrogen-bond acceptors (Lipinski definition) is 5. The molecule has 1 amide bonds. The second-order valence-electron chi connectivity index (χ2n) is 6.45. The molecule has 1 aliphatic heterocycles. The van der Waals surface area contributed by atoms with E-state index in [0.29, 0.717) is 49.3 Å². The number of rotatable bonds is 5. The fourth-order valence-electron chi connectivity index (χ4n) is 3.07. The summed E-state index contributed by atoms with van der Waals surface area (Å²) in [5, 5.41) is 3.65. The van der Waals surface area contributed by atoms with Crippen LogP contribution in [-0.2, 0) is 11.3 Å². The summed E-state index contributed by atoms with van der Waals surface area (Å²) in [6.45, 7) is 2.84. The predicted octanol–water partition coefficient (Wildman–Crippen LogP) is 3.21. The minimum atomic E-state index is -0.0737. The van der Waals surface area contributed by atoms with E-state index in [1.165, 1.54) is 0 Å². The average molecular weight is 398 g/mol. The largest absolute Gasteiger partial charge is 0.378 e. The van der Waals surface area contributed by atoms with Crippen molar-refractivity contribution in [3.05, 3.63) is 65.1 Å². The molecule has 2 N–H and O–H groups in total. The molecule has 1 aliphatic rings. The first-order valence-electron chi connectivity index (χ1n) is 9.06. The Morgan fingerprint density at radius 3 is 2.86 bits per heavy atom. The van der Waals surface area contributed by atoms with Crippen molar-refractivity contribution in [1.29, 1.82) is 0 Å². The molecule has 7 nitrogen and oxygen atoms in total. The molecular weight excluding hydrogens is 378 g/mol. The highest BCUT2D eigenvalue weighted by molar-refractivity contribution is 6.33. The zero-order valence-corrected chi connectivity index (χ0v) is 15.9. The number of carbonyl (C=O) groups excluding carboxylic acids is 1. The van der Waals surface area contributed by atoms with Gasteiger partial charge >= 0.3 is 0 Å². The fraction of sp³-hybridized carbons (Fsp3) is 0.250. The van der Waals surface area contributed by atoms with E-state index >= 15 is 0 Å². The fourth-order valence-corrected chi connectivity index (χ4v) is 3.30. The molecule has 0 aliphatic carbocycles. The zero-order chi connectivity index (χ0) is 19.3. The van der Waals surface area contributed by atoms with Crippen LogP contribution in [0, 0.1) is 0 Å². The monoisotopic (exact) mass is 397 g/mol. The van der Waals surface area contributed by atoms with Crippen molar-refractivity contribution >= 4 is 23.3 Å². The molecule has 8 heteroatoms. The first-order valence-corrected chi connectivity index (χ1v) is 9.43. The summed E-state index contributed by atoms with van der Waals surface area (Å²) in [6, 6.07) is 9.71. The Labute approximate surface area is 167 Å². The van der Waals surface area contributed by atoms with Gasteiger partial charge < -0.3 is 19.9 Å². The molecule has 0 atom stereocenters. The molecule has 1 fully saturated rings. The first kappa shape index (κ1) is 18.5. The molecule has 3 aromatic rings. The van der Waals surface area contributed by atoms with Gasteiger partial charge in [0.1, 0.15) is 11.6 Å². The van der Waals surface area contributed by atoms with E-state index in [2.05, 4.69) is 26.3 Å². The van der Waals surface area contributed by atoms with Gasteiger partial charge in [-0.1, -0.05) is 29.8 Å². The minimum Gasteiger partial charge on any atom is -0.378 e. The van der Waals surface area contributed by atoms with Crippen LogP contribution in [-0.4, -0.2) is 52.1 Å². The number of carbonyl (C=O) groups is 1. The molecule has 2 aromatic heterocycles. The molecule has 4 rings (SSSR count). The first-order chi connectivity index (χ1) is 13.7. The lowest BCUT2D eigenvalue weighted by Crippen LogP contribution is -2.40. The van der Waals surface area contributed by atoms with Gasteiger partial charge in [-0.3, -0.25) is 4.79 Å². The van der Waals surface area contributed by atoms with E-state index in [9.17, 15) is 4.79 Å². The van der Waals surface area contributed by atoms with Gasteiger partial charge in [-0.25, -0.2) is 9.97 Å². The van der Waals surface area contributed by atoms with Gasteiger partial charge in [0.15, 0.2) is 0 Å². The number of anilines is 1. The Bertz CT molecular complexity index is 955. The van der Waals surface area contributed by atoms with Crippen molar-refractivity contribution in [2.24, 2.45) is 0 Å². The Morgan fingerprint density at radius 1 is 1.25 bits per heavy atom. The number of halogens is 1. The molecule has 1 aromatic carbocycles. The van der Waals surface area contributed by atoms with Gasteiger partial charge in [-0.15, -0.1) is 0 Å². The smallest absolute Gasteiger partial charge is 0.255 e. The third-order valence-electron chi connectivity index (χ3n) is 4.55. The van der Waals surface area contributed by atoms with Crippen LogP contribution < -0.4 is 5.32 Å². The zero-order valence-electron chi connectivity index (χ0n) is 15.2. The van der Waals surface area contributed by atoms with Crippen molar-refractivity contribution in [3.63, 3.8) is 0 Å². The molecule has 1 saturated heterocycles. The number of pyridine rings is 1. The number of morpholine rings is 1. The number of nitrogens with zero attached hydrogens (tertiary/aromatic N) is 3. The second kappa shape index (κ2) is 8.41. The Morgan fingerprint density at radius 2 is 2.11 bits per heavy atom. The number of aromatic amines is 1. The lowest BCUT2D eigenvalue weighted by molar-refractivity contribution is 0.0302. The van der Waals surface area contributed by atoms with Crippen molar-refractivity contribution in [2.45, 2.75) is 6.54 Å². The highest BCUT2D eigenvalue weighted by Crippen LogP contribution is 2.23. The van der Waals surface area contributed by atoms with Gasteiger partial charge in [0.25, 0.3) is 5.91 Å². The van der Waals surface area contributed by atoms with Crippen molar-refractivity contribution < 1.29 is 9.53 Å². The van der Waals surface area contributed by atoms with Gasteiger partial charge in [0.05, 0.1) is 23.8 Å². The highest BCUT2D eigenvalue weighted by Gasteiger charge is 2.19. The summed E-state index contributed by atoms with van der Waals surface area (Å²) in [7, 11) is 0. The van der Waals surface area contributed by atoms with E-state index in [0.717, 1.165) is 17.0 Å². The maximum atomic E-state index is 12.5. The summed E-state index contributed by atoms with van der Waals surface area (Å²) in [5.74, 6) is 1.29. The number of hydrogen-bond donors (Lipinski definition) is 2. The molecule has 144 valence electrons. The Kier molecular flexibility index (Phi) is 5.55. The van der Waals surface area contributed by atoms with Gasteiger partial charge in [0.2, 0.25) is 0 Å². The molecule has 0 spiro atoms. The molecule has 0 radical (unpaired) electrons. The second-order valence-corrected chi connectivity index (χ2v) is 6.86. The highest BCUT2D eigenvalue weighted by atomic mass is 35.5. The standard InChI is InChI=1S/C20H20ClN5O2/c21-17-11-16(20(27)26-6-8-28-9-7-26)13-25-19(17)24-12-14-2-1-3-15(10-14)18-22-4-5-23-18/h1-5,10-11,13H,6-9,12H2,(H,22,23)(H,24,25). The van der Waals surface area contributed by atoms with Crippen LogP contribution in [0.4, 0.5) is 5.82 Å². The number of nitrogens with one attached hydrogen (secondary N) is 2. The van der Waals surface area contributed by atoms with E-state index in [1.807, 2.05) is 18.2 Å². The molecular formula is C20H20ClN5O2. The maximum Gasteiger partial charge on any atom is 0.255 e. The van der Waals surface area contributed by atoms with Crippen LogP contribution in [0.1, 0.15) is 15.9 Å². The van der Waals surface area contributed by atoms with Crippen LogP contribution >= 0.6 is 11.6 Å². The lowest BCUT2D eigenvalue weighted by Gasteiger charge is -2.26. The summed E-state index contributed by atoms with van der Waals surface area (Å²) < 4.78 is 5.28. The minimum absolute atomic E-state index is 0.0737. The van der Waals surface area contributed by atoms with Crippen molar-refractivity contribution in [2.75, 3.05) is 31.6 Å². The van der Waals surface area contributed by atoms with Gasteiger partial charge in [-0.05, 0) is 17.7 Å². The maximum absolute atomic E-state index is 12.5. The lowest BCUT2D eigenvalue weighted by atomic mass is 10.1. The van der Waals surface area contributed by atoms with E-state index in [4.69, 9.17) is 16.3 Å². The van der Waals surface area contributed by atoms with Gasteiger partial charge in [0, 0.05) is 43.8 Å². The number of amides is 1. The Hall–Kier alpha value is -2.90. The van der Waals surface area contributed by atoms with Gasteiger partial charge in [-0.2, -0.15) is 0 Å². The van der Waals surface area contributed by atoms with E-state index < -0.39 is 0 Å². The third-order valence-corrected chi connectivity index (χ3v) is 4.83. The average Bonchev–Trinajstić information content (AvgIpc) is 3.28. The van der Waals surface area contributed by atoms with Crippen LogP contribution in [0.25, 0.3) is 11.4 Å². The van der Waals surface area contributed by atoms with Crippen LogP contribution in [0.5, 0.6) is 0 Å².